The van der Waals surface area contributed by atoms with E-state index in [1.165, 1.54) is 16.9 Å². The highest BCUT2D eigenvalue weighted by atomic mass is 16.5. The van der Waals surface area contributed by atoms with Gasteiger partial charge in [0, 0.05) is 5.70 Å². The highest BCUT2D eigenvalue weighted by Crippen LogP contribution is 2.62. The summed E-state index contributed by atoms with van der Waals surface area (Å²) in [4.78, 5) is 1.45. The average molecular weight is 225 g/mol. The van der Waals surface area contributed by atoms with Gasteiger partial charge < -0.3 is 4.90 Å². The third-order valence-electron chi connectivity index (χ3n) is 4.90. The van der Waals surface area contributed by atoms with E-state index in [9.17, 15) is 5.21 Å². The molecule has 2 bridgehead atoms. The van der Waals surface area contributed by atoms with Gasteiger partial charge in [0.15, 0.2) is 0 Å². The summed E-state index contributed by atoms with van der Waals surface area (Å²) in [7, 11) is 4.37. The Balaban J connectivity index is 2.31. The molecule has 3 heteroatoms. The van der Waals surface area contributed by atoms with E-state index in [1.54, 1.807) is 0 Å². The normalized spacial score (nSPS) is 36.3. The molecule has 92 valence electrons. The van der Waals surface area contributed by atoms with E-state index in [1.807, 2.05) is 0 Å². The van der Waals surface area contributed by atoms with Gasteiger partial charge in [0.05, 0.1) is 26.6 Å². The van der Waals surface area contributed by atoms with Crippen molar-refractivity contribution >= 4 is 0 Å². The number of nitrogens with one attached hydrogen (secondary N) is 2. The number of fused-ring (bicyclic) bond motifs is 1. The third-order valence-corrected chi connectivity index (χ3v) is 4.90. The highest BCUT2D eigenvalue weighted by molar-refractivity contribution is 5.30. The summed E-state index contributed by atoms with van der Waals surface area (Å²) in [6, 6.07) is 0. The molecule has 0 spiro atoms. The Labute approximate surface area is 98.5 Å². The molecule has 0 saturated heterocycles. The van der Waals surface area contributed by atoms with Crippen molar-refractivity contribution in [2.75, 3.05) is 20.6 Å². The van der Waals surface area contributed by atoms with Gasteiger partial charge in [-0.15, -0.1) is 0 Å². The zero-order valence-corrected chi connectivity index (χ0v) is 11.1. The molecule has 1 fully saturated rings. The molecule has 3 rings (SSSR count). The molecular weight excluding hydrogens is 200 g/mol. The molecule has 0 aromatic heterocycles. The predicted molar refractivity (Wildman–Crippen MR) is 64.2 cm³/mol. The lowest BCUT2D eigenvalue weighted by atomic mass is 9.45. The van der Waals surface area contributed by atoms with Crippen LogP contribution in [0.15, 0.2) is 11.3 Å². The molecule has 0 amide bonds. The van der Waals surface area contributed by atoms with Crippen LogP contribution in [0.1, 0.15) is 27.2 Å². The summed E-state index contributed by atoms with van der Waals surface area (Å²) in [6.45, 7) is 8.03. The molecular formula is C13H25N2O+. The van der Waals surface area contributed by atoms with Gasteiger partial charge in [0.1, 0.15) is 0 Å². The van der Waals surface area contributed by atoms with Crippen LogP contribution in [0, 0.1) is 23.2 Å². The molecule has 16 heavy (non-hydrogen) atoms. The maximum atomic E-state index is 9.34. The van der Waals surface area contributed by atoms with Gasteiger partial charge in [-0.1, -0.05) is 13.8 Å². The second kappa shape index (κ2) is 3.74. The minimum atomic E-state index is 0.421. The van der Waals surface area contributed by atoms with E-state index in [2.05, 4.69) is 40.3 Å². The van der Waals surface area contributed by atoms with Gasteiger partial charge in [-0.2, -0.15) is 0 Å². The highest BCUT2D eigenvalue weighted by Gasteiger charge is 2.57. The lowest BCUT2D eigenvalue weighted by molar-refractivity contribution is -0.862. The maximum Gasteiger partial charge on any atom is 0.0854 e. The van der Waals surface area contributed by atoms with E-state index >= 15 is 0 Å². The summed E-state index contributed by atoms with van der Waals surface area (Å²) < 4.78 is 0. The van der Waals surface area contributed by atoms with Crippen LogP contribution in [0.4, 0.5) is 0 Å². The minimum Gasteiger partial charge on any atom is -0.339 e. The first-order valence-corrected chi connectivity index (χ1v) is 6.29. The number of allylic oxidation sites excluding steroid dienone is 1. The second-order valence-electron chi connectivity index (χ2n) is 6.44. The standard InChI is InChI=1S/C13H24N2O/c1-8-10-6-11(13(10,2)3)9(7-15(4)5)12(8)14-16/h9-11,14,16H,6-7H2,1-5H3/p+1. The van der Waals surface area contributed by atoms with Crippen molar-refractivity contribution in [3.63, 3.8) is 0 Å². The van der Waals surface area contributed by atoms with Crippen LogP contribution >= 0.6 is 0 Å². The van der Waals surface area contributed by atoms with Crippen molar-refractivity contribution in [2.45, 2.75) is 27.2 Å². The lowest BCUT2D eigenvalue weighted by Gasteiger charge is -2.60. The van der Waals surface area contributed by atoms with Gasteiger partial charge in [0.2, 0.25) is 0 Å². The Morgan fingerprint density at radius 3 is 2.50 bits per heavy atom. The van der Waals surface area contributed by atoms with Crippen LogP contribution in [0.2, 0.25) is 0 Å². The van der Waals surface area contributed by atoms with Crippen LogP contribution in [0.3, 0.4) is 0 Å². The van der Waals surface area contributed by atoms with Gasteiger partial charge in [0.25, 0.3) is 0 Å². The average Bonchev–Trinajstić information content (AvgIpc) is 2.15. The lowest BCUT2D eigenvalue weighted by Crippen LogP contribution is -3.07. The monoisotopic (exact) mass is 225 g/mol. The van der Waals surface area contributed by atoms with E-state index in [0.717, 1.165) is 18.2 Å². The van der Waals surface area contributed by atoms with Gasteiger partial charge in [-0.3, -0.25) is 10.7 Å². The van der Waals surface area contributed by atoms with Crippen molar-refractivity contribution in [3.8, 4) is 0 Å². The van der Waals surface area contributed by atoms with Crippen LogP contribution in [0.5, 0.6) is 0 Å². The van der Waals surface area contributed by atoms with Crippen molar-refractivity contribution in [1.82, 2.24) is 5.48 Å². The first-order chi connectivity index (χ1) is 7.39. The van der Waals surface area contributed by atoms with Gasteiger partial charge in [-0.05, 0) is 36.2 Å². The minimum absolute atomic E-state index is 0.421. The van der Waals surface area contributed by atoms with Crippen LogP contribution in [0.25, 0.3) is 0 Å². The summed E-state index contributed by atoms with van der Waals surface area (Å²) in [5.41, 5.74) is 5.37. The topological polar surface area (TPSA) is 36.7 Å². The maximum absolute atomic E-state index is 9.34. The Kier molecular flexibility index (Phi) is 2.79. The molecule has 3 aliphatic rings. The fraction of sp³-hybridized carbons (Fsp3) is 0.846. The number of hydrogen-bond acceptors (Lipinski definition) is 2. The van der Waals surface area contributed by atoms with Crippen LogP contribution in [-0.4, -0.2) is 25.8 Å². The molecule has 0 radical (unpaired) electrons. The molecule has 0 heterocycles. The second-order valence-corrected chi connectivity index (χ2v) is 6.44. The Hall–Kier alpha value is -0.540. The first-order valence-electron chi connectivity index (χ1n) is 6.29. The Morgan fingerprint density at radius 1 is 1.44 bits per heavy atom. The Morgan fingerprint density at radius 2 is 2.06 bits per heavy atom. The van der Waals surface area contributed by atoms with Crippen molar-refractivity contribution < 1.29 is 10.1 Å². The van der Waals surface area contributed by atoms with Crippen molar-refractivity contribution in [2.24, 2.45) is 23.2 Å². The van der Waals surface area contributed by atoms with E-state index in [4.69, 9.17) is 0 Å². The van der Waals surface area contributed by atoms with E-state index in [0.29, 0.717) is 17.3 Å². The SMILES string of the molecule is CC1=C(NO)C(C[NH+](C)C)C2CC1C2(C)C. The summed E-state index contributed by atoms with van der Waals surface area (Å²) in [5, 5.41) is 9.34. The molecule has 0 aliphatic heterocycles. The fourth-order valence-electron chi connectivity index (χ4n) is 3.91. The number of rotatable bonds is 3. The molecule has 3 aliphatic carbocycles. The summed E-state index contributed by atoms with van der Waals surface area (Å²) >= 11 is 0. The Bertz CT molecular complexity index is 320. The van der Waals surface area contributed by atoms with E-state index in [-0.39, 0.29) is 0 Å². The largest absolute Gasteiger partial charge is 0.339 e. The molecule has 3 nitrogen and oxygen atoms in total. The number of quaternary nitrogens is 1. The number of hydroxylamine groups is 1. The number of hydrogen-bond donors (Lipinski definition) is 3. The molecule has 3 N–H and O–H groups in total. The fourth-order valence-corrected chi connectivity index (χ4v) is 3.91. The van der Waals surface area contributed by atoms with Crippen molar-refractivity contribution in [1.29, 1.82) is 0 Å². The van der Waals surface area contributed by atoms with Gasteiger partial charge in [-0.25, -0.2) is 0 Å². The zero-order chi connectivity index (χ0) is 12.1. The summed E-state index contributed by atoms with van der Waals surface area (Å²) in [6.07, 6.45) is 1.31. The smallest absolute Gasteiger partial charge is 0.0854 e. The van der Waals surface area contributed by atoms with Crippen LogP contribution < -0.4 is 10.4 Å². The molecule has 1 saturated carbocycles. The van der Waals surface area contributed by atoms with E-state index < -0.39 is 0 Å². The zero-order valence-electron chi connectivity index (χ0n) is 11.1. The van der Waals surface area contributed by atoms with Crippen LogP contribution in [-0.2, 0) is 0 Å². The first kappa shape index (κ1) is 11.9. The predicted octanol–water partition coefficient (Wildman–Crippen LogP) is 0.676. The molecule has 3 atom stereocenters. The van der Waals surface area contributed by atoms with Crippen molar-refractivity contribution in [3.05, 3.63) is 11.3 Å². The summed E-state index contributed by atoms with van der Waals surface area (Å²) in [5.74, 6) is 1.89. The molecule has 3 unspecified atom stereocenters. The molecule has 0 aromatic rings. The quantitative estimate of drug-likeness (QED) is 0.618. The third kappa shape index (κ3) is 1.49. The van der Waals surface area contributed by atoms with Gasteiger partial charge >= 0.3 is 0 Å². The molecule has 0 aromatic carbocycles.